The Morgan fingerprint density at radius 2 is 1.88 bits per heavy atom. The molecule has 0 fully saturated rings. The first kappa shape index (κ1) is 16.1. The molecule has 1 amide bonds. The van der Waals surface area contributed by atoms with E-state index in [0.29, 0.717) is 13.0 Å². The molecule has 0 spiro atoms. The van der Waals surface area contributed by atoms with Crippen LogP contribution in [0.3, 0.4) is 0 Å². The molecule has 0 aliphatic rings. The fourth-order valence-electron chi connectivity index (χ4n) is 3.05. The zero-order valence-corrected chi connectivity index (χ0v) is 14.4. The Labute approximate surface area is 151 Å². The summed E-state index contributed by atoms with van der Waals surface area (Å²) in [5, 5.41) is 8.50. The molecule has 0 radical (unpaired) electrons. The molecule has 0 atom stereocenters. The van der Waals surface area contributed by atoms with Crippen LogP contribution in [0.15, 0.2) is 73.2 Å². The third-order valence-electron chi connectivity index (χ3n) is 4.44. The van der Waals surface area contributed by atoms with E-state index < -0.39 is 0 Å². The number of H-pyrrole nitrogens is 1. The second-order valence-corrected chi connectivity index (χ2v) is 6.26. The lowest BCUT2D eigenvalue weighted by Gasteiger charge is -2.03. The third kappa shape index (κ3) is 3.52. The summed E-state index contributed by atoms with van der Waals surface area (Å²) in [6.07, 6.45) is 6.90. The molecular formula is C21H20N4O. The summed E-state index contributed by atoms with van der Waals surface area (Å²) in [6, 6.07) is 18.1. The van der Waals surface area contributed by atoms with Crippen LogP contribution < -0.4 is 5.32 Å². The molecule has 2 aromatic carbocycles. The molecule has 4 aromatic rings. The number of hydrogen-bond donors (Lipinski definition) is 2. The van der Waals surface area contributed by atoms with E-state index >= 15 is 0 Å². The van der Waals surface area contributed by atoms with E-state index in [9.17, 15) is 4.79 Å². The lowest BCUT2D eigenvalue weighted by Crippen LogP contribution is -2.22. The first-order chi connectivity index (χ1) is 12.8. The average Bonchev–Trinajstić information content (AvgIpc) is 3.33. The van der Waals surface area contributed by atoms with E-state index in [2.05, 4.69) is 21.5 Å². The number of aromatic amines is 1. The minimum atomic E-state index is 0.0442. The molecular weight excluding hydrogens is 324 g/mol. The van der Waals surface area contributed by atoms with Crippen LogP contribution in [0.4, 0.5) is 0 Å². The zero-order valence-electron chi connectivity index (χ0n) is 14.4. The number of para-hydroxylation sites is 2. The Morgan fingerprint density at radius 3 is 2.77 bits per heavy atom. The molecule has 0 aliphatic heterocycles. The van der Waals surface area contributed by atoms with Crippen molar-refractivity contribution >= 4 is 16.8 Å². The van der Waals surface area contributed by atoms with Crippen molar-refractivity contribution in [2.45, 2.75) is 19.4 Å². The van der Waals surface area contributed by atoms with E-state index in [1.807, 2.05) is 65.6 Å². The van der Waals surface area contributed by atoms with Crippen LogP contribution in [-0.2, 0) is 17.8 Å². The molecule has 0 aliphatic carbocycles. The number of aromatic nitrogens is 3. The molecule has 0 saturated carbocycles. The summed E-state index contributed by atoms with van der Waals surface area (Å²) in [7, 11) is 0. The first-order valence-corrected chi connectivity index (χ1v) is 8.70. The quantitative estimate of drug-likeness (QED) is 0.561. The smallest absolute Gasteiger partial charge is 0.220 e. The largest absolute Gasteiger partial charge is 0.361 e. The van der Waals surface area contributed by atoms with Gasteiger partial charge in [-0.25, -0.2) is 4.68 Å². The molecule has 0 unspecified atom stereocenters. The van der Waals surface area contributed by atoms with Gasteiger partial charge < -0.3 is 10.3 Å². The number of nitrogens with one attached hydrogen (secondary N) is 2. The van der Waals surface area contributed by atoms with Crippen molar-refractivity contribution in [3.05, 3.63) is 84.3 Å². The fourth-order valence-corrected chi connectivity index (χ4v) is 3.05. The van der Waals surface area contributed by atoms with Crippen LogP contribution in [0.5, 0.6) is 0 Å². The van der Waals surface area contributed by atoms with Crippen LogP contribution in [0.2, 0.25) is 0 Å². The Bertz CT molecular complexity index is 1020. The molecule has 5 nitrogen and oxygen atoms in total. The van der Waals surface area contributed by atoms with Gasteiger partial charge in [-0.3, -0.25) is 4.79 Å². The Hall–Kier alpha value is -3.34. The summed E-state index contributed by atoms with van der Waals surface area (Å²) in [5.74, 6) is 0.0442. The zero-order chi connectivity index (χ0) is 17.8. The van der Waals surface area contributed by atoms with Gasteiger partial charge in [-0.15, -0.1) is 0 Å². The standard InChI is InChI=1S/C21H20N4O/c26-21(11-10-17-14-22-20-9-5-4-8-19(17)20)23-12-16-13-24-25(15-16)18-6-2-1-3-7-18/h1-9,13-15,22H,10-12H2,(H,23,26). The number of benzene rings is 2. The molecule has 2 heterocycles. The van der Waals surface area contributed by atoms with Gasteiger partial charge >= 0.3 is 0 Å². The van der Waals surface area contributed by atoms with Crippen LogP contribution in [0.25, 0.3) is 16.6 Å². The monoisotopic (exact) mass is 344 g/mol. The number of carbonyl (C=O) groups is 1. The summed E-state index contributed by atoms with van der Waals surface area (Å²) < 4.78 is 1.81. The van der Waals surface area contributed by atoms with Crippen molar-refractivity contribution < 1.29 is 4.79 Å². The van der Waals surface area contributed by atoms with E-state index in [4.69, 9.17) is 0 Å². The van der Waals surface area contributed by atoms with Gasteiger partial charge in [0.2, 0.25) is 5.91 Å². The number of nitrogens with zero attached hydrogens (tertiary/aromatic N) is 2. The normalized spacial score (nSPS) is 10.9. The minimum Gasteiger partial charge on any atom is -0.361 e. The number of fused-ring (bicyclic) bond motifs is 1. The maximum absolute atomic E-state index is 12.2. The van der Waals surface area contributed by atoms with Gasteiger partial charge in [-0.1, -0.05) is 36.4 Å². The van der Waals surface area contributed by atoms with E-state index in [1.165, 1.54) is 10.9 Å². The van der Waals surface area contributed by atoms with Gasteiger partial charge in [0.15, 0.2) is 0 Å². The molecule has 2 N–H and O–H groups in total. The lowest BCUT2D eigenvalue weighted by atomic mass is 10.1. The number of rotatable bonds is 6. The van der Waals surface area contributed by atoms with Gasteiger partial charge in [-0.05, 0) is 30.2 Å². The van der Waals surface area contributed by atoms with E-state index in [1.54, 1.807) is 6.20 Å². The highest BCUT2D eigenvalue weighted by atomic mass is 16.1. The number of hydrogen-bond acceptors (Lipinski definition) is 2. The second-order valence-electron chi connectivity index (χ2n) is 6.26. The number of amides is 1. The van der Waals surface area contributed by atoms with Crippen LogP contribution >= 0.6 is 0 Å². The topological polar surface area (TPSA) is 62.7 Å². The summed E-state index contributed by atoms with van der Waals surface area (Å²) in [4.78, 5) is 15.4. The van der Waals surface area contributed by atoms with Crippen molar-refractivity contribution in [1.29, 1.82) is 0 Å². The highest BCUT2D eigenvalue weighted by Crippen LogP contribution is 2.18. The number of aryl methyl sites for hydroxylation is 1. The van der Waals surface area contributed by atoms with Crippen molar-refractivity contribution in [3.63, 3.8) is 0 Å². The van der Waals surface area contributed by atoms with E-state index in [-0.39, 0.29) is 5.91 Å². The molecule has 0 bridgehead atoms. The highest BCUT2D eigenvalue weighted by Gasteiger charge is 2.07. The summed E-state index contributed by atoms with van der Waals surface area (Å²) >= 11 is 0. The summed E-state index contributed by atoms with van der Waals surface area (Å²) in [6.45, 7) is 0.486. The highest BCUT2D eigenvalue weighted by molar-refractivity contribution is 5.84. The Kier molecular flexibility index (Phi) is 4.51. The van der Waals surface area contributed by atoms with Gasteiger partial charge in [0.05, 0.1) is 11.9 Å². The van der Waals surface area contributed by atoms with Gasteiger partial charge in [0.1, 0.15) is 0 Å². The van der Waals surface area contributed by atoms with Crippen molar-refractivity contribution in [3.8, 4) is 5.69 Å². The molecule has 4 rings (SSSR count). The minimum absolute atomic E-state index is 0.0442. The third-order valence-corrected chi connectivity index (χ3v) is 4.44. The predicted octanol–water partition coefficient (Wildman–Crippen LogP) is 3.60. The van der Waals surface area contributed by atoms with Gasteiger partial charge in [0.25, 0.3) is 0 Å². The predicted molar refractivity (Wildman–Crippen MR) is 102 cm³/mol. The van der Waals surface area contributed by atoms with Crippen LogP contribution in [-0.4, -0.2) is 20.7 Å². The molecule has 26 heavy (non-hydrogen) atoms. The van der Waals surface area contributed by atoms with Gasteiger partial charge in [0, 0.05) is 41.8 Å². The van der Waals surface area contributed by atoms with Crippen LogP contribution in [0.1, 0.15) is 17.5 Å². The Morgan fingerprint density at radius 1 is 1.08 bits per heavy atom. The second kappa shape index (κ2) is 7.27. The first-order valence-electron chi connectivity index (χ1n) is 8.70. The van der Waals surface area contributed by atoms with E-state index in [0.717, 1.165) is 23.2 Å². The summed E-state index contributed by atoms with van der Waals surface area (Å²) in [5.41, 5.74) is 4.27. The van der Waals surface area contributed by atoms with Crippen molar-refractivity contribution in [2.24, 2.45) is 0 Å². The Balaban J connectivity index is 1.31. The van der Waals surface area contributed by atoms with Crippen molar-refractivity contribution in [1.82, 2.24) is 20.1 Å². The van der Waals surface area contributed by atoms with Gasteiger partial charge in [-0.2, -0.15) is 5.10 Å². The fraction of sp³-hybridized carbons (Fsp3) is 0.143. The molecule has 5 heteroatoms. The molecule has 0 saturated heterocycles. The lowest BCUT2D eigenvalue weighted by molar-refractivity contribution is -0.121. The van der Waals surface area contributed by atoms with Crippen LogP contribution in [0, 0.1) is 0 Å². The molecule has 2 aromatic heterocycles. The number of carbonyl (C=O) groups excluding carboxylic acids is 1. The SMILES string of the molecule is O=C(CCc1c[nH]c2ccccc12)NCc1cnn(-c2ccccc2)c1. The molecule has 130 valence electrons. The van der Waals surface area contributed by atoms with Crippen molar-refractivity contribution in [2.75, 3.05) is 0 Å². The maximum atomic E-state index is 12.2. The average molecular weight is 344 g/mol. The maximum Gasteiger partial charge on any atom is 0.220 e.